The van der Waals surface area contributed by atoms with E-state index in [0.29, 0.717) is 22.0 Å². The van der Waals surface area contributed by atoms with Crippen LogP contribution in [0.4, 0.5) is 5.69 Å². The number of likely N-dealkylation sites (N-methyl/N-ethyl adjacent to an activating group) is 1. The van der Waals surface area contributed by atoms with Crippen molar-refractivity contribution in [2.45, 2.75) is 0 Å². The minimum absolute atomic E-state index is 0.0249. The summed E-state index contributed by atoms with van der Waals surface area (Å²) in [6.45, 7) is 3.55. The summed E-state index contributed by atoms with van der Waals surface area (Å²) >= 11 is 1.34. The lowest BCUT2D eigenvalue weighted by Gasteiger charge is -2.32. The van der Waals surface area contributed by atoms with Crippen LogP contribution in [0.2, 0.25) is 0 Å². The van der Waals surface area contributed by atoms with Gasteiger partial charge in [0.05, 0.1) is 15.4 Å². The van der Waals surface area contributed by atoms with Gasteiger partial charge in [-0.2, -0.15) is 4.99 Å². The molecule has 1 amide bonds. The molecule has 0 saturated carbocycles. The molecule has 1 saturated heterocycles. The van der Waals surface area contributed by atoms with Crippen molar-refractivity contribution in [3.05, 3.63) is 57.2 Å². The molecule has 0 spiro atoms. The number of benzene rings is 1. The second-order valence-corrected chi connectivity index (χ2v) is 7.59. The Bertz CT molecular complexity index is 989. The lowest BCUT2D eigenvalue weighted by atomic mass is 10.1. The predicted molar refractivity (Wildman–Crippen MR) is 108 cm³/mol. The summed E-state index contributed by atoms with van der Waals surface area (Å²) in [6, 6.07) is 9.76. The van der Waals surface area contributed by atoms with Crippen LogP contribution < -0.4 is 0 Å². The molecule has 28 heavy (non-hydrogen) atoms. The smallest absolute Gasteiger partial charge is 0.286 e. The van der Waals surface area contributed by atoms with Gasteiger partial charge in [0.2, 0.25) is 0 Å². The summed E-state index contributed by atoms with van der Waals surface area (Å²) in [5, 5.41) is 11.9. The van der Waals surface area contributed by atoms with E-state index in [9.17, 15) is 14.9 Å². The molecule has 2 aromatic rings. The average Bonchev–Trinajstić information content (AvgIpc) is 3.30. The van der Waals surface area contributed by atoms with Crippen LogP contribution in [-0.4, -0.2) is 59.0 Å². The minimum atomic E-state index is -0.442. The molecular weight excluding hydrogens is 380 g/mol. The van der Waals surface area contributed by atoms with Gasteiger partial charge in [-0.1, -0.05) is 12.1 Å². The van der Waals surface area contributed by atoms with Crippen LogP contribution in [0.3, 0.4) is 0 Å². The number of nitro groups is 1. The SMILES string of the molecule is CN1CCN(C2=NC(=O)/C(=C/c3ccc(-c4ccccc4[N+](=O)[O-])o3)S2)CC1. The molecule has 0 aliphatic carbocycles. The van der Waals surface area contributed by atoms with Gasteiger partial charge in [-0.15, -0.1) is 0 Å². The Kier molecular flexibility index (Phi) is 5.01. The Hall–Kier alpha value is -2.91. The lowest BCUT2D eigenvalue weighted by molar-refractivity contribution is -0.384. The van der Waals surface area contributed by atoms with Gasteiger partial charge < -0.3 is 14.2 Å². The normalized spacial score (nSPS) is 19.3. The molecule has 9 heteroatoms. The third-order valence-corrected chi connectivity index (χ3v) is 5.69. The zero-order valence-electron chi connectivity index (χ0n) is 15.2. The van der Waals surface area contributed by atoms with Gasteiger partial charge in [0.15, 0.2) is 5.17 Å². The Balaban J connectivity index is 1.52. The number of nitro benzene ring substituents is 1. The van der Waals surface area contributed by atoms with Crippen LogP contribution in [0.5, 0.6) is 0 Å². The van der Waals surface area contributed by atoms with Crippen molar-refractivity contribution in [1.82, 2.24) is 9.80 Å². The molecule has 0 atom stereocenters. The van der Waals surface area contributed by atoms with E-state index in [2.05, 4.69) is 21.8 Å². The quantitative estimate of drug-likeness (QED) is 0.446. The fourth-order valence-electron chi connectivity index (χ4n) is 3.08. The first-order valence-electron chi connectivity index (χ1n) is 8.81. The Morgan fingerprint density at radius 2 is 1.93 bits per heavy atom. The van der Waals surface area contributed by atoms with Crippen molar-refractivity contribution in [2.75, 3.05) is 33.2 Å². The molecule has 0 bridgehead atoms. The van der Waals surface area contributed by atoms with Gasteiger partial charge in [0.25, 0.3) is 11.6 Å². The standard InChI is InChI=1S/C19H18N4O4S/c1-21-8-10-22(11-9-21)19-20-18(24)17(28-19)12-13-6-7-16(27-13)14-4-2-3-5-15(14)23(25)26/h2-7,12H,8-11H2,1H3/b17-12-. The molecule has 0 unspecified atom stereocenters. The number of hydrogen-bond donors (Lipinski definition) is 0. The summed E-state index contributed by atoms with van der Waals surface area (Å²) in [6.07, 6.45) is 1.64. The van der Waals surface area contributed by atoms with Crippen LogP contribution in [0, 0.1) is 10.1 Å². The van der Waals surface area contributed by atoms with Gasteiger partial charge in [-0.25, -0.2) is 0 Å². The number of thioether (sulfide) groups is 1. The Morgan fingerprint density at radius 1 is 1.18 bits per heavy atom. The van der Waals surface area contributed by atoms with Gasteiger partial charge >= 0.3 is 0 Å². The molecular formula is C19H18N4O4S. The van der Waals surface area contributed by atoms with E-state index in [0.717, 1.165) is 31.3 Å². The number of aliphatic imine (C=N–C) groups is 1. The van der Waals surface area contributed by atoms with Crippen LogP contribution in [0.15, 0.2) is 50.7 Å². The highest BCUT2D eigenvalue weighted by molar-refractivity contribution is 8.18. The number of furan rings is 1. The summed E-state index contributed by atoms with van der Waals surface area (Å²) < 4.78 is 5.75. The van der Waals surface area contributed by atoms with Gasteiger partial charge in [0.1, 0.15) is 11.5 Å². The van der Waals surface area contributed by atoms with Gasteiger partial charge in [-0.05, 0) is 37.0 Å². The summed E-state index contributed by atoms with van der Waals surface area (Å²) in [5.41, 5.74) is 0.375. The molecule has 1 aromatic carbocycles. The van der Waals surface area contributed by atoms with Crippen molar-refractivity contribution in [3.8, 4) is 11.3 Å². The third kappa shape index (κ3) is 3.71. The number of nitrogens with zero attached hydrogens (tertiary/aromatic N) is 4. The number of piperazine rings is 1. The highest BCUT2D eigenvalue weighted by Crippen LogP contribution is 2.34. The number of para-hydroxylation sites is 1. The highest BCUT2D eigenvalue weighted by Gasteiger charge is 2.28. The third-order valence-electron chi connectivity index (χ3n) is 4.65. The molecule has 2 aliphatic rings. The molecule has 0 radical (unpaired) electrons. The van der Waals surface area contributed by atoms with E-state index in [-0.39, 0.29) is 11.6 Å². The van der Waals surface area contributed by atoms with Crippen LogP contribution in [-0.2, 0) is 4.79 Å². The number of amidine groups is 1. The Morgan fingerprint density at radius 3 is 2.68 bits per heavy atom. The van der Waals surface area contributed by atoms with E-state index in [1.54, 1.807) is 36.4 Å². The zero-order valence-corrected chi connectivity index (χ0v) is 16.0. The van der Waals surface area contributed by atoms with Crippen LogP contribution in [0.25, 0.3) is 17.4 Å². The first-order chi connectivity index (χ1) is 13.5. The molecule has 1 aromatic heterocycles. The first-order valence-corrected chi connectivity index (χ1v) is 9.62. The second-order valence-electron chi connectivity index (χ2n) is 6.58. The van der Waals surface area contributed by atoms with E-state index in [4.69, 9.17) is 4.42 Å². The van der Waals surface area contributed by atoms with Crippen molar-refractivity contribution in [3.63, 3.8) is 0 Å². The predicted octanol–water partition coefficient (Wildman–Crippen LogP) is 3.07. The summed E-state index contributed by atoms with van der Waals surface area (Å²) in [4.78, 5) is 32.0. The Labute approximate surface area is 165 Å². The number of hydrogen-bond acceptors (Lipinski definition) is 7. The monoisotopic (exact) mass is 398 g/mol. The number of carbonyl (C=O) groups excluding carboxylic acids is 1. The van der Waals surface area contributed by atoms with Gasteiger partial charge in [0, 0.05) is 38.3 Å². The maximum atomic E-state index is 12.3. The molecule has 4 rings (SSSR count). The highest BCUT2D eigenvalue weighted by atomic mass is 32.2. The number of amides is 1. The van der Waals surface area contributed by atoms with Crippen molar-refractivity contribution in [2.24, 2.45) is 4.99 Å². The average molecular weight is 398 g/mol. The topological polar surface area (TPSA) is 92.2 Å². The summed E-state index contributed by atoms with van der Waals surface area (Å²) in [7, 11) is 2.07. The van der Waals surface area contributed by atoms with E-state index >= 15 is 0 Å². The van der Waals surface area contributed by atoms with E-state index in [1.807, 2.05) is 0 Å². The van der Waals surface area contributed by atoms with Gasteiger partial charge in [-0.3, -0.25) is 14.9 Å². The second kappa shape index (κ2) is 7.61. The summed E-state index contributed by atoms with van der Waals surface area (Å²) in [5.74, 6) is 0.552. The number of carbonyl (C=O) groups is 1. The van der Waals surface area contributed by atoms with Crippen molar-refractivity contribution >= 4 is 34.6 Å². The molecule has 3 heterocycles. The fraction of sp³-hybridized carbons (Fsp3) is 0.263. The van der Waals surface area contributed by atoms with Crippen LogP contribution in [0.1, 0.15) is 5.76 Å². The van der Waals surface area contributed by atoms with Crippen molar-refractivity contribution < 1.29 is 14.1 Å². The van der Waals surface area contributed by atoms with E-state index < -0.39 is 4.92 Å². The first kappa shape index (κ1) is 18.5. The molecule has 1 fully saturated rings. The number of rotatable bonds is 3. The minimum Gasteiger partial charge on any atom is -0.456 e. The van der Waals surface area contributed by atoms with E-state index in [1.165, 1.54) is 17.8 Å². The molecule has 2 aliphatic heterocycles. The van der Waals surface area contributed by atoms with Crippen molar-refractivity contribution in [1.29, 1.82) is 0 Å². The largest absolute Gasteiger partial charge is 0.456 e. The molecule has 0 N–H and O–H groups in total. The maximum Gasteiger partial charge on any atom is 0.286 e. The van der Waals surface area contributed by atoms with Crippen LogP contribution >= 0.6 is 11.8 Å². The molecule has 144 valence electrons. The fourth-order valence-corrected chi connectivity index (χ4v) is 4.02. The molecule has 8 nitrogen and oxygen atoms in total. The zero-order chi connectivity index (χ0) is 19.7. The lowest BCUT2D eigenvalue weighted by Crippen LogP contribution is -2.46. The maximum absolute atomic E-state index is 12.3.